The van der Waals surface area contributed by atoms with E-state index in [1.807, 2.05) is 37.4 Å². The first-order valence-corrected chi connectivity index (χ1v) is 6.45. The molecule has 0 aliphatic carbocycles. The number of carbonyl (C=O) groups is 1. The second-order valence-corrected chi connectivity index (χ2v) is 7.22. The minimum atomic E-state index is -0.145. The Kier molecular flexibility index (Phi) is 3.93. The van der Waals surface area contributed by atoms with Gasteiger partial charge in [0.15, 0.2) is 0 Å². The first-order valence-electron chi connectivity index (χ1n) is 5.50. The summed E-state index contributed by atoms with van der Waals surface area (Å²) in [6.07, 6.45) is 0. The minimum Gasteiger partial charge on any atom is -0.333 e. The second-order valence-electron chi connectivity index (χ2n) is 5.34. The summed E-state index contributed by atoms with van der Waals surface area (Å²) >= 11 is 1.96. The van der Waals surface area contributed by atoms with Crippen molar-refractivity contribution in [3.05, 3.63) is 0 Å². The fraction of sp³-hybridized carbons (Fsp3) is 0.909. The Morgan fingerprint density at radius 2 is 1.73 bits per heavy atom. The molecule has 1 aliphatic rings. The molecule has 0 bridgehead atoms. The quantitative estimate of drug-likeness (QED) is 0.692. The molecule has 1 aliphatic heterocycles. The number of thioether (sulfide) groups is 1. The number of amides is 2. The summed E-state index contributed by atoms with van der Waals surface area (Å²) in [4.78, 5) is 13.8. The van der Waals surface area contributed by atoms with E-state index in [1.165, 1.54) is 0 Å². The Hall–Kier alpha value is -0.380. The molecular formula is C11H22N2OS. The van der Waals surface area contributed by atoms with Crippen molar-refractivity contribution < 1.29 is 4.79 Å². The molecule has 2 amide bonds. The van der Waals surface area contributed by atoms with Gasteiger partial charge in [0.2, 0.25) is 0 Å². The summed E-state index contributed by atoms with van der Waals surface area (Å²) in [5.41, 5.74) is -0.145. The lowest BCUT2D eigenvalue weighted by Crippen LogP contribution is -2.53. The van der Waals surface area contributed by atoms with Crippen molar-refractivity contribution in [1.29, 1.82) is 0 Å². The van der Waals surface area contributed by atoms with Crippen molar-refractivity contribution in [2.75, 3.05) is 13.1 Å². The summed E-state index contributed by atoms with van der Waals surface area (Å²) < 4.78 is 0. The standard InChI is InChI=1S/C11H22N2OS/c1-8-6-13(7-9(2)15-8)10(14)12-11(3,4)5/h8-9H,6-7H2,1-5H3,(H,12,14). The summed E-state index contributed by atoms with van der Waals surface area (Å²) in [5.74, 6) is 0. The molecule has 0 aromatic heterocycles. The highest BCUT2D eigenvalue weighted by Gasteiger charge is 2.27. The largest absolute Gasteiger partial charge is 0.333 e. The molecule has 0 radical (unpaired) electrons. The molecule has 0 aromatic carbocycles. The third-order valence-corrected chi connectivity index (χ3v) is 3.42. The number of rotatable bonds is 0. The lowest BCUT2D eigenvalue weighted by atomic mass is 10.1. The molecule has 1 fully saturated rings. The summed E-state index contributed by atoms with van der Waals surface area (Å²) in [6, 6.07) is 0.0708. The van der Waals surface area contributed by atoms with Crippen LogP contribution in [-0.2, 0) is 0 Å². The molecule has 0 aromatic rings. The molecule has 1 heterocycles. The van der Waals surface area contributed by atoms with Crippen molar-refractivity contribution >= 4 is 17.8 Å². The molecule has 3 nitrogen and oxygen atoms in total. The van der Waals surface area contributed by atoms with Crippen LogP contribution < -0.4 is 5.32 Å². The summed E-state index contributed by atoms with van der Waals surface area (Å²) in [6.45, 7) is 12.1. The van der Waals surface area contributed by atoms with Gasteiger partial charge in [0.25, 0.3) is 0 Å². The van der Waals surface area contributed by atoms with Crippen LogP contribution in [0.3, 0.4) is 0 Å². The van der Waals surface area contributed by atoms with E-state index in [-0.39, 0.29) is 11.6 Å². The highest BCUT2D eigenvalue weighted by molar-refractivity contribution is 8.00. The van der Waals surface area contributed by atoms with Gasteiger partial charge in [0.1, 0.15) is 0 Å². The zero-order valence-electron chi connectivity index (χ0n) is 10.3. The normalized spacial score (nSPS) is 27.7. The van der Waals surface area contributed by atoms with E-state index < -0.39 is 0 Å². The van der Waals surface area contributed by atoms with Gasteiger partial charge in [0.05, 0.1) is 0 Å². The first kappa shape index (κ1) is 12.7. The molecule has 2 unspecified atom stereocenters. The van der Waals surface area contributed by atoms with Crippen LogP contribution in [-0.4, -0.2) is 40.1 Å². The smallest absolute Gasteiger partial charge is 0.317 e. The number of urea groups is 1. The van der Waals surface area contributed by atoms with E-state index in [0.717, 1.165) is 13.1 Å². The Morgan fingerprint density at radius 3 is 2.13 bits per heavy atom. The monoisotopic (exact) mass is 230 g/mol. The molecule has 1 rings (SSSR count). The maximum absolute atomic E-state index is 11.9. The van der Waals surface area contributed by atoms with Crippen LogP contribution >= 0.6 is 11.8 Å². The number of nitrogens with one attached hydrogen (secondary N) is 1. The molecule has 15 heavy (non-hydrogen) atoms. The van der Waals surface area contributed by atoms with Gasteiger partial charge >= 0.3 is 6.03 Å². The van der Waals surface area contributed by atoms with E-state index in [9.17, 15) is 4.79 Å². The van der Waals surface area contributed by atoms with Crippen LogP contribution in [0.1, 0.15) is 34.6 Å². The van der Waals surface area contributed by atoms with Gasteiger partial charge in [-0.1, -0.05) is 13.8 Å². The highest BCUT2D eigenvalue weighted by Crippen LogP contribution is 2.24. The second kappa shape index (κ2) is 4.64. The predicted molar refractivity (Wildman–Crippen MR) is 66.4 cm³/mol. The van der Waals surface area contributed by atoms with Gasteiger partial charge in [-0.05, 0) is 20.8 Å². The van der Waals surface area contributed by atoms with E-state index in [1.54, 1.807) is 0 Å². The highest BCUT2D eigenvalue weighted by atomic mass is 32.2. The third kappa shape index (κ3) is 4.33. The molecular weight excluding hydrogens is 208 g/mol. The van der Waals surface area contributed by atoms with Crippen LogP contribution in [0, 0.1) is 0 Å². The molecule has 2 atom stereocenters. The predicted octanol–water partition coefficient (Wildman–Crippen LogP) is 2.32. The Labute approximate surface area is 97.0 Å². The van der Waals surface area contributed by atoms with Gasteiger partial charge in [-0.2, -0.15) is 11.8 Å². The lowest BCUT2D eigenvalue weighted by Gasteiger charge is -2.36. The number of carbonyl (C=O) groups excluding carboxylic acids is 1. The third-order valence-electron chi connectivity index (χ3n) is 2.19. The van der Waals surface area contributed by atoms with Crippen LogP contribution in [0.2, 0.25) is 0 Å². The summed E-state index contributed by atoms with van der Waals surface area (Å²) in [7, 11) is 0. The maximum atomic E-state index is 11.9. The molecule has 0 spiro atoms. The van der Waals surface area contributed by atoms with Crippen LogP contribution in [0.25, 0.3) is 0 Å². The molecule has 0 saturated carbocycles. The summed E-state index contributed by atoms with van der Waals surface area (Å²) in [5, 5.41) is 4.09. The number of hydrogen-bond donors (Lipinski definition) is 1. The Morgan fingerprint density at radius 1 is 1.27 bits per heavy atom. The SMILES string of the molecule is CC1CN(C(=O)NC(C)(C)C)CC(C)S1. The van der Waals surface area contributed by atoms with Crippen molar-refractivity contribution in [1.82, 2.24) is 10.2 Å². The van der Waals surface area contributed by atoms with Gasteiger partial charge in [-0.15, -0.1) is 0 Å². The van der Waals surface area contributed by atoms with Crippen molar-refractivity contribution in [2.45, 2.75) is 50.7 Å². The van der Waals surface area contributed by atoms with Gasteiger partial charge < -0.3 is 10.2 Å². The first-order chi connectivity index (χ1) is 6.78. The zero-order chi connectivity index (χ0) is 11.6. The number of hydrogen-bond acceptors (Lipinski definition) is 2. The van der Waals surface area contributed by atoms with Crippen LogP contribution in [0.4, 0.5) is 4.79 Å². The Bertz CT molecular complexity index is 227. The lowest BCUT2D eigenvalue weighted by molar-refractivity contribution is 0.188. The van der Waals surface area contributed by atoms with Crippen molar-refractivity contribution in [3.63, 3.8) is 0 Å². The zero-order valence-corrected chi connectivity index (χ0v) is 11.1. The fourth-order valence-corrected chi connectivity index (χ4v) is 3.07. The molecule has 4 heteroatoms. The van der Waals surface area contributed by atoms with Gasteiger partial charge in [-0.25, -0.2) is 4.79 Å². The molecule has 88 valence electrons. The fourth-order valence-electron chi connectivity index (χ4n) is 1.74. The average molecular weight is 230 g/mol. The minimum absolute atomic E-state index is 0.0708. The van der Waals surface area contributed by atoms with E-state index in [0.29, 0.717) is 10.5 Å². The van der Waals surface area contributed by atoms with E-state index >= 15 is 0 Å². The van der Waals surface area contributed by atoms with Gasteiger partial charge in [0, 0.05) is 29.1 Å². The number of nitrogens with zero attached hydrogens (tertiary/aromatic N) is 1. The Balaban J connectivity index is 2.52. The topological polar surface area (TPSA) is 32.3 Å². The maximum Gasteiger partial charge on any atom is 0.317 e. The van der Waals surface area contributed by atoms with E-state index in [2.05, 4.69) is 19.2 Å². The van der Waals surface area contributed by atoms with Crippen molar-refractivity contribution in [3.8, 4) is 0 Å². The molecule has 1 saturated heterocycles. The molecule has 1 N–H and O–H groups in total. The van der Waals surface area contributed by atoms with E-state index in [4.69, 9.17) is 0 Å². The van der Waals surface area contributed by atoms with Crippen molar-refractivity contribution in [2.24, 2.45) is 0 Å². The average Bonchev–Trinajstić information content (AvgIpc) is 1.98. The van der Waals surface area contributed by atoms with Crippen LogP contribution in [0.15, 0.2) is 0 Å². The van der Waals surface area contributed by atoms with Gasteiger partial charge in [-0.3, -0.25) is 0 Å². The van der Waals surface area contributed by atoms with Crippen LogP contribution in [0.5, 0.6) is 0 Å².